The molecule has 0 saturated carbocycles. The Kier molecular flexibility index (Phi) is 3.52. The molecule has 1 N–H and O–H groups in total. The van der Waals surface area contributed by atoms with Crippen molar-refractivity contribution in [2.75, 3.05) is 0 Å². The number of nitrogens with zero attached hydrogens (tertiary/aromatic N) is 1. The highest BCUT2D eigenvalue weighted by atomic mass is 16.3. The third-order valence-corrected chi connectivity index (χ3v) is 4.27. The van der Waals surface area contributed by atoms with Crippen LogP contribution in [0.4, 0.5) is 0 Å². The summed E-state index contributed by atoms with van der Waals surface area (Å²) in [5.74, 6) is 0.118. The summed E-state index contributed by atoms with van der Waals surface area (Å²) >= 11 is 0. The van der Waals surface area contributed by atoms with Gasteiger partial charge < -0.3 is 5.11 Å². The second kappa shape index (κ2) is 5.27. The molecular weight excluding hydrogens is 286 g/mol. The molecule has 23 heavy (non-hydrogen) atoms. The summed E-state index contributed by atoms with van der Waals surface area (Å²) < 4.78 is 1.54. The highest BCUT2D eigenvalue weighted by Gasteiger charge is 2.21. The molecule has 3 nitrogen and oxygen atoms in total. The monoisotopic (exact) mass is 307 g/mol. The van der Waals surface area contributed by atoms with Crippen molar-refractivity contribution in [2.24, 2.45) is 0 Å². The first-order valence-electron chi connectivity index (χ1n) is 7.74. The van der Waals surface area contributed by atoms with E-state index in [1.165, 1.54) is 0 Å². The third kappa shape index (κ3) is 2.52. The van der Waals surface area contributed by atoms with E-state index in [0.29, 0.717) is 11.1 Å². The molecule has 0 bridgehead atoms. The molecule has 0 aliphatic carbocycles. The molecule has 1 heterocycles. The summed E-state index contributed by atoms with van der Waals surface area (Å²) in [5.41, 5.74) is 2.42. The minimum atomic E-state index is -0.118. The van der Waals surface area contributed by atoms with E-state index in [1.54, 1.807) is 16.8 Å². The number of benzene rings is 2. The van der Waals surface area contributed by atoms with Gasteiger partial charge in [-0.05, 0) is 47.1 Å². The lowest BCUT2D eigenvalue weighted by molar-refractivity contribution is 0.469. The molecule has 0 spiro atoms. The van der Waals surface area contributed by atoms with E-state index in [4.69, 9.17) is 0 Å². The van der Waals surface area contributed by atoms with Crippen molar-refractivity contribution in [1.29, 1.82) is 0 Å². The van der Waals surface area contributed by atoms with Crippen LogP contribution in [0.5, 0.6) is 5.75 Å². The highest BCUT2D eigenvalue weighted by molar-refractivity contribution is 5.81. The Balaban J connectivity index is 2.36. The number of fused-ring (bicyclic) bond motifs is 1. The average molecular weight is 307 g/mol. The van der Waals surface area contributed by atoms with E-state index >= 15 is 0 Å². The summed E-state index contributed by atoms with van der Waals surface area (Å²) in [4.78, 5) is 12.8. The molecule has 3 aromatic rings. The zero-order valence-electron chi connectivity index (χ0n) is 13.9. The zero-order chi connectivity index (χ0) is 16.8. The van der Waals surface area contributed by atoms with Crippen LogP contribution in [0.3, 0.4) is 0 Å². The molecule has 0 saturated heterocycles. The van der Waals surface area contributed by atoms with Crippen molar-refractivity contribution in [1.82, 2.24) is 4.57 Å². The number of aromatic hydroxyl groups is 1. The topological polar surface area (TPSA) is 42.2 Å². The number of aromatic nitrogens is 1. The minimum Gasteiger partial charge on any atom is -0.506 e. The van der Waals surface area contributed by atoms with Gasteiger partial charge in [-0.1, -0.05) is 45.0 Å². The molecule has 0 radical (unpaired) electrons. The molecule has 0 aliphatic heterocycles. The number of phenols is 1. The van der Waals surface area contributed by atoms with Crippen LogP contribution in [0.1, 0.15) is 31.9 Å². The van der Waals surface area contributed by atoms with E-state index in [1.807, 2.05) is 43.3 Å². The second-order valence-corrected chi connectivity index (χ2v) is 6.93. The Hall–Kier alpha value is -2.55. The predicted octanol–water partition coefficient (Wildman–Crippen LogP) is 4.30. The van der Waals surface area contributed by atoms with E-state index in [-0.39, 0.29) is 16.7 Å². The predicted molar refractivity (Wildman–Crippen MR) is 94.6 cm³/mol. The third-order valence-electron chi connectivity index (χ3n) is 4.27. The Labute approximate surface area is 135 Å². The molecule has 0 aliphatic rings. The lowest BCUT2D eigenvalue weighted by Crippen LogP contribution is -2.21. The van der Waals surface area contributed by atoms with Gasteiger partial charge in [-0.15, -0.1) is 0 Å². The largest absolute Gasteiger partial charge is 0.506 e. The van der Waals surface area contributed by atoms with Gasteiger partial charge in [0, 0.05) is 11.6 Å². The van der Waals surface area contributed by atoms with Crippen LogP contribution in [0, 0.1) is 6.92 Å². The fraction of sp³-hybridized carbons (Fsp3) is 0.250. The van der Waals surface area contributed by atoms with Crippen molar-refractivity contribution in [3.63, 3.8) is 0 Å². The normalized spacial score (nSPS) is 11.8. The van der Waals surface area contributed by atoms with Crippen molar-refractivity contribution in [3.05, 3.63) is 70.1 Å². The second-order valence-electron chi connectivity index (χ2n) is 6.93. The number of rotatable bonds is 1. The van der Waals surface area contributed by atoms with Crippen LogP contribution in [-0.2, 0) is 5.41 Å². The van der Waals surface area contributed by atoms with Crippen molar-refractivity contribution in [3.8, 4) is 11.4 Å². The maximum absolute atomic E-state index is 12.8. The Morgan fingerprint density at radius 3 is 2.39 bits per heavy atom. The van der Waals surface area contributed by atoms with Gasteiger partial charge >= 0.3 is 0 Å². The van der Waals surface area contributed by atoms with Crippen LogP contribution < -0.4 is 5.56 Å². The van der Waals surface area contributed by atoms with E-state index in [0.717, 1.165) is 16.5 Å². The van der Waals surface area contributed by atoms with Gasteiger partial charge in [0.2, 0.25) is 0 Å². The smallest absolute Gasteiger partial charge is 0.263 e. The van der Waals surface area contributed by atoms with E-state index in [9.17, 15) is 9.90 Å². The zero-order valence-corrected chi connectivity index (χ0v) is 13.9. The van der Waals surface area contributed by atoms with Gasteiger partial charge in [0.1, 0.15) is 5.75 Å². The van der Waals surface area contributed by atoms with Gasteiger partial charge in [0.15, 0.2) is 0 Å². The Bertz CT molecular complexity index is 946. The van der Waals surface area contributed by atoms with Crippen LogP contribution >= 0.6 is 0 Å². The first-order valence-corrected chi connectivity index (χ1v) is 7.74. The first kappa shape index (κ1) is 15.3. The molecule has 3 rings (SSSR count). The lowest BCUT2D eigenvalue weighted by atomic mass is 9.83. The molecule has 0 fully saturated rings. The standard InChI is InChI=1S/C20H21NO2/c1-13-16(20(2,3)4)9-10-17(22)18(13)21-12-11-14-7-5-6-8-15(14)19(21)23/h5-12,22H,1-4H3. The number of hydrogen-bond acceptors (Lipinski definition) is 2. The Morgan fingerprint density at radius 1 is 1.00 bits per heavy atom. The molecule has 2 aromatic carbocycles. The van der Waals surface area contributed by atoms with Gasteiger partial charge in [0.05, 0.1) is 5.69 Å². The summed E-state index contributed by atoms with van der Waals surface area (Å²) in [5, 5.41) is 11.9. The summed E-state index contributed by atoms with van der Waals surface area (Å²) in [6.45, 7) is 8.33. The Morgan fingerprint density at radius 2 is 1.70 bits per heavy atom. The van der Waals surface area contributed by atoms with Gasteiger partial charge in [0.25, 0.3) is 5.56 Å². The summed E-state index contributed by atoms with van der Waals surface area (Å²) in [6.07, 6.45) is 1.74. The quantitative estimate of drug-likeness (QED) is 0.728. The van der Waals surface area contributed by atoms with Crippen molar-refractivity contribution >= 4 is 10.8 Å². The maximum Gasteiger partial charge on any atom is 0.263 e. The number of hydrogen-bond donors (Lipinski definition) is 1. The van der Waals surface area contributed by atoms with E-state index in [2.05, 4.69) is 20.8 Å². The van der Waals surface area contributed by atoms with Crippen LogP contribution in [0.25, 0.3) is 16.5 Å². The highest BCUT2D eigenvalue weighted by Crippen LogP contribution is 2.34. The van der Waals surface area contributed by atoms with Gasteiger partial charge in [-0.3, -0.25) is 9.36 Å². The van der Waals surface area contributed by atoms with Crippen molar-refractivity contribution in [2.45, 2.75) is 33.1 Å². The molecule has 0 atom stereocenters. The van der Waals surface area contributed by atoms with Crippen LogP contribution in [0.15, 0.2) is 53.5 Å². The minimum absolute atomic E-state index is 0.0625. The fourth-order valence-electron chi connectivity index (χ4n) is 3.17. The molecule has 3 heteroatoms. The number of phenolic OH excluding ortho intramolecular Hbond substituents is 1. The summed E-state index contributed by atoms with van der Waals surface area (Å²) in [6, 6.07) is 13.0. The molecule has 0 amide bonds. The molecule has 1 aromatic heterocycles. The van der Waals surface area contributed by atoms with Crippen molar-refractivity contribution < 1.29 is 5.11 Å². The van der Waals surface area contributed by atoms with Gasteiger partial charge in [-0.25, -0.2) is 0 Å². The molecular formula is C20H21NO2. The van der Waals surface area contributed by atoms with E-state index < -0.39 is 0 Å². The van der Waals surface area contributed by atoms with Crippen LogP contribution in [-0.4, -0.2) is 9.67 Å². The number of pyridine rings is 1. The lowest BCUT2D eigenvalue weighted by Gasteiger charge is -2.24. The molecule has 118 valence electrons. The molecule has 0 unspecified atom stereocenters. The average Bonchev–Trinajstić information content (AvgIpc) is 2.48. The SMILES string of the molecule is Cc1c(C(C)(C)C)ccc(O)c1-n1ccc2ccccc2c1=O. The van der Waals surface area contributed by atoms with Crippen LogP contribution in [0.2, 0.25) is 0 Å². The maximum atomic E-state index is 12.8. The fourth-order valence-corrected chi connectivity index (χ4v) is 3.17. The first-order chi connectivity index (χ1) is 10.8. The summed E-state index contributed by atoms with van der Waals surface area (Å²) in [7, 11) is 0. The van der Waals surface area contributed by atoms with Gasteiger partial charge in [-0.2, -0.15) is 0 Å².